The average Bonchev–Trinajstić information content (AvgIpc) is 3.91. The molecule has 4 heteroatoms. The first-order valence-corrected chi connectivity index (χ1v) is 23.6. The molecule has 0 amide bonds. The first-order chi connectivity index (χ1) is 32.0. The van der Waals surface area contributed by atoms with E-state index in [4.69, 9.17) is 8.83 Å². The third kappa shape index (κ3) is 6.04. The van der Waals surface area contributed by atoms with Crippen molar-refractivity contribution in [2.45, 2.75) is 73.1 Å². The summed E-state index contributed by atoms with van der Waals surface area (Å²) in [6, 6.07) is 44.8. The van der Waals surface area contributed by atoms with Crippen LogP contribution in [-0.4, -0.2) is 0 Å². The van der Waals surface area contributed by atoms with Gasteiger partial charge in [0.05, 0.1) is 17.1 Å². The van der Waals surface area contributed by atoms with Crippen molar-refractivity contribution in [2.24, 2.45) is 5.92 Å². The molecule has 324 valence electrons. The Bertz CT molecular complexity index is 3620. The van der Waals surface area contributed by atoms with Gasteiger partial charge in [-0.2, -0.15) is 0 Å². The number of para-hydroxylation sites is 4. The number of fused-ring (bicyclic) bond motifs is 6. The molecule has 0 radical (unpaired) electrons. The smallest absolute Gasteiger partial charge is 0.159 e. The van der Waals surface area contributed by atoms with Gasteiger partial charge in [-0.1, -0.05) is 137 Å². The summed E-state index contributed by atoms with van der Waals surface area (Å²) >= 11 is 0. The summed E-state index contributed by atoms with van der Waals surface area (Å²) in [7, 11) is 0. The molecule has 3 aliphatic carbocycles. The van der Waals surface area contributed by atoms with Gasteiger partial charge >= 0.3 is 0 Å². The lowest BCUT2D eigenvalue weighted by molar-refractivity contribution is 0.650. The molecule has 66 heavy (non-hydrogen) atoms. The molecular weight excluding hydrogens is 805 g/mol. The van der Waals surface area contributed by atoms with Crippen molar-refractivity contribution < 1.29 is 8.83 Å². The van der Waals surface area contributed by atoms with Crippen LogP contribution < -0.4 is 9.80 Å². The van der Waals surface area contributed by atoms with Crippen LogP contribution >= 0.6 is 0 Å². The molecule has 3 aliphatic rings. The fraction of sp³-hybridized carbons (Fsp3) is 0.194. The van der Waals surface area contributed by atoms with Crippen molar-refractivity contribution in [3.8, 4) is 0 Å². The summed E-state index contributed by atoms with van der Waals surface area (Å²) in [5.41, 5.74) is 23.0. The monoisotopic (exact) mass is 858 g/mol. The van der Waals surface area contributed by atoms with E-state index in [1.165, 1.54) is 55.6 Å². The van der Waals surface area contributed by atoms with Crippen molar-refractivity contribution in [3.05, 3.63) is 207 Å². The number of furan rings is 2. The minimum absolute atomic E-state index is 0.0959. The second-order valence-corrected chi connectivity index (χ2v) is 19.4. The standard InChI is InChI=1S/C62H54N2O2/c1-35(2)45-13-9-15-47-49-17-11-19-55(61(49)65-59(45)47)63(43-27-21-37(5)39(7)33-43)53-31-25-41-24-30-52-54(32-26-42-23-29-51(53)57(41)58(42)52)64(44-28-22-38(6)40(8)34-44)56-20-12-18-50-48-16-10-14-46(36(3)4)60(48)66-62(50)56/h9-36,41,57H,1-8H3. The van der Waals surface area contributed by atoms with Crippen LogP contribution in [0.2, 0.25) is 0 Å². The van der Waals surface area contributed by atoms with Gasteiger partial charge in [0.15, 0.2) is 11.2 Å². The normalized spacial score (nSPS) is 16.2. The Kier molecular flexibility index (Phi) is 9.23. The first kappa shape index (κ1) is 40.2. The summed E-state index contributed by atoms with van der Waals surface area (Å²) < 4.78 is 14.1. The highest BCUT2D eigenvalue weighted by Crippen LogP contribution is 2.55. The number of hydrogen-bond acceptors (Lipinski definition) is 4. The minimum Gasteiger partial charge on any atom is -0.454 e. The van der Waals surface area contributed by atoms with E-state index in [-0.39, 0.29) is 11.8 Å². The Hall–Kier alpha value is -7.30. The van der Waals surface area contributed by atoms with Gasteiger partial charge in [-0.25, -0.2) is 0 Å². The number of aryl methyl sites for hydroxylation is 4. The predicted octanol–water partition coefficient (Wildman–Crippen LogP) is 17.9. The number of nitrogens with zero attached hydrogens (tertiary/aromatic N) is 2. The Morgan fingerprint density at radius 1 is 0.455 bits per heavy atom. The molecule has 0 fully saturated rings. The van der Waals surface area contributed by atoms with Crippen LogP contribution in [0.1, 0.15) is 95.5 Å². The Labute approximate surface area is 387 Å². The van der Waals surface area contributed by atoms with Gasteiger partial charge in [-0.05, 0) is 138 Å². The molecule has 2 atom stereocenters. The van der Waals surface area contributed by atoms with Gasteiger partial charge in [-0.3, -0.25) is 0 Å². The molecule has 7 aromatic carbocycles. The Morgan fingerprint density at radius 2 is 0.970 bits per heavy atom. The second kappa shape index (κ2) is 15.1. The summed E-state index contributed by atoms with van der Waals surface area (Å²) in [5, 5.41) is 4.57. The van der Waals surface area contributed by atoms with Gasteiger partial charge in [0, 0.05) is 56.0 Å². The zero-order valence-corrected chi connectivity index (χ0v) is 39.0. The molecule has 2 aromatic heterocycles. The van der Waals surface area contributed by atoms with E-state index in [9.17, 15) is 0 Å². The maximum absolute atomic E-state index is 7.05. The molecule has 0 N–H and O–H groups in total. The quantitative estimate of drug-likeness (QED) is 0.152. The molecule has 0 bridgehead atoms. The SMILES string of the molecule is Cc1ccc(N(C2=C3C=Cc4ccc(N(c5ccc(C)c(C)c5)c5cccc6c5oc5c(C(C)C)cccc56)c5c4C3C(C=C2)C=C5)c2cccc3c2oc2c(C(C)C)cccc23)cc1C. The summed E-state index contributed by atoms with van der Waals surface area (Å²) in [6.45, 7) is 17.8. The molecule has 2 unspecified atom stereocenters. The highest BCUT2D eigenvalue weighted by Gasteiger charge is 2.38. The zero-order valence-electron chi connectivity index (χ0n) is 39.0. The second-order valence-electron chi connectivity index (χ2n) is 19.4. The van der Waals surface area contributed by atoms with E-state index in [2.05, 4.69) is 223 Å². The van der Waals surface area contributed by atoms with Gasteiger partial charge in [0.25, 0.3) is 0 Å². The van der Waals surface area contributed by atoms with E-state index in [0.717, 1.165) is 78.0 Å². The van der Waals surface area contributed by atoms with E-state index in [0.29, 0.717) is 11.8 Å². The maximum Gasteiger partial charge on any atom is 0.159 e. The number of rotatable bonds is 8. The Morgan fingerprint density at radius 3 is 1.53 bits per heavy atom. The van der Waals surface area contributed by atoms with Crippen molar-refractivity contribution in [2.75, 3.05) is 9.80 Å². The molecule has 0 spiro atoms. The van der Waals surface area contributed by atoms with Gasteiger partial charge in [-0.15, -0.1) is 0 Å². The summed E-state index contributed by atoms with van der Waals surface area (Å²) in [4.78, 5) is 4.91. The molecule has 12 rings (SSSR count). The lowest BCUT2D eigenvalue weighted by Crippen LogP contribution is -2.28. The Balaban J connectivity index is 1.08. The fourth-order valence-corrected chi connectivity index (χ4v) is 11.0. The summed E-state index contributed by atoms with van der Waals surface area (Å²) in [5.74, 6) is 0.948. The van der Waals surface area contributed by atoms with Crippen LogP contribution in [0.25, 0.3) is 56.0 Å². The topological polar surface area (TPSA) is 32.8 Å². The van der Waals surface area contributed by atoms with Crippen molar-refractivity contribution in [1.29, 1.82) is 0 Å². The van der Waals surface area contributed by atoms with Crippen LogP contribution in [-0.2, 0) is 0 Å². The van der Waals surface area contributed by atoms with Crippen molar-refractivity contribution in [1.82, 2.24) is 0 Å². The van der Waals surface area contributed by atoms with Crippen LogP contribution in [0.4, 0.5) is 28.4 Å². The molecule has 4 nitrogen and oxygen atoms in total. The van der Waals surface area contributed by atoms with Crippen LogP contribution in [0.15, 0.2) is 166 Å². The van der Waals surface area contributed by atoms with Crippen LogP contribution in [0, 0.1) is 33.6 Å². The molecular formula is C62H54N2O2. The van der Waals surface area contributed by atoms with Gasteiger partial charge in [0.1, 0.15) is 11.2 Å². The number of hydrogen-bond donors (Lipinski definition) is 0. The van der Waals surface area contributed by atoms with Crippen molar-refractivity contribution in [3.63, 3.8) is 0 Å². The minimum atomic E-state index is 0.0959. The molecule has 0 saturated carbocycles. The molecule has 9 aromatic rings. The lowest BCUT2D eigenvalue weighted by atomic mass is 9.68. The van der Waals surface area contributed by atoms with E-state index < -0.39 is 0 Å². The summed E-state index contributed by atoms with van der Waals surface area (Å²) in [6.07, 6.45) is 14.3. The lowest BCUT2D eigenvalue weighted by Gasteiger charge is -2.41. The van der Waals surface area contributed by atoms with E-state index in [1.807, 2.05) is 0 Å². The molecule has 0 aliphatic heterocycles. The van der Waals surface area contributed by atoms with E-state index >= 15 is 0 Å². The van der Waals surface area contributed by atoms with E-state index in [1.54, 1.807) is 0 Å². The maximum atomic E-state index is 7.05. The van der Waals surface area contributed by atoms with Crippen molar-refractivity contribution >= 4 is 84.5 Å². The third-order valence-electron chi connectivity index (χ3n) is 14.8. The number of anilines is 5. The predicted molar refractivity (Wildman–Crippen MR) is 278 cm³/mol. The number of allylic oxidation sites excluding steroid dienone is 5. The van der Waals surface area contributed by atoms with Gasteiger partial charge < -0.3 is 18.6 Å². The van der Waals surface area contributed by atoms with Gasteiger partial charge in [0.2, 0.25) is 0 Å². The molecule has 0 saturated heterocycles. The number of benzene rings is 7. The first-order valence-electron chi connectivity index (χ1n) is 23.6. The highest BCUT2D eigenvalue weighted by molar-refractivity contribution is 6.12. The third-order valence-corrected chi connectivity index (χ3v) is 14.8. The molecule has 2 heterocycles. The van der Waals surface area contributed by atoms with Crippen LogP contribution in [0.5, 0.6) is 0 Å². The zero-order chi connectivity index (χ0) is 45.1. The average molecular weight is 859 g/mol. The fourth-order valence-electron chi connectivity index (χ4n) is 11.0. The largest absolute Gasteiger partial charge is 0.454 e. The highest BCUT2D eigenvalue weighted by atomic mass is 16.3. The van der Waals surface area contributed by atoms with Crippen LogP contribution in [0.3, 0.4) is 0 Å².